The van der Waals surface area contributed by atoms with Crippen molar-refractivity contribution in [3.8, 4) is 11.3 Å². The van der Waals surface area contributed by atoms with Gasteiger partial charge in [0, 0.05) is 12.2 Å². The Labute approximate surface area is 102 Å². The first kappa shape index (κ1) is 11.7. The van der Waals surface area contributed by atoms with Gasteiger partial charge in [0.15, 0.2) is 0 Å². The van der Waals surface area contributed by atoms with Gasteiger partial charge in [0.2, 0.25) is 0 Å². The lowest BCUT2D eigenvalue weighted by atomic mass is 10.1. The molecule has 1 atom stereocenters. The van der Waals surface area contributed by atoms with E-state index in [2.05, 4.69) is 53.4 Å². The third-order valence-corrected chi connectivity index (χ3v) is 3.05. The number of anilines is 1. The van der Waals surface area contributed by atoms with Crippen LogP contribution in [0.4, 0.5) is 5.69 Å². The van der Waals surface area contributed by atoms with E-state index in [0.717, 1.165) is 17.8 Å². The van der Waals surface area contributed by atoms with Crippen LogP contribution in [0.2, 0.25) is 0 Å². The highest BCUT2D eigenvalue weighted by Gasteiger charge is 2.00. The van der Waals surface area contributed by atoms with Crippen molar-refractivity contribution in [3.05, 3.63) is 36.8 Å². The molecule has 1 heterocycles. The van der Waals surface area contributed by atoms with Crippen LogP contribution in [0.5, 0.6) is 0 Å². The van der Waals surface area contributed by atoms with Crippen LogP contribution in [0.25, 0.3) is 11.3 Å². The summed E-state index contributed by atoms with van der Waals surface area (Å²) in [6.45, 7) is 5.50. The van der Waals surface area contributed by atoms with Crippen LogP contribution in [0.3, 0.4) is 0 Å². The Kier molecular flexibility index (Phi) is 3.81. The third kappa shape index (κ3) is 3.09. The van der Waals surface area contributed by atoms with Crippen molar-refractivity contribution in [3.63, 3.8) is 0 Å². The van der Waals surface area contributed by atoms with Crippen molar-refractivity contribution in [1.29, 1.82) is 0 Å². The highest BCUT2D eigenvalue weighted by atomic mass is 14.9. The molecule has 2 aromatic rings. The highest BCUT2D eigenvalue weighted by Crippen LogP contribution is 2.18. The molecule has 0 fully saturated rings. The van der Waals surface area contributed by atoms with Gasteiger partial charge in [-0.2, -0.15) is 0 Å². The smallest absolute Gasteiger partial charge is 0.0924 e. The van der Waals surface area contributed by atoms with Gasteiger partial charge >= 0.3 is 0 Å². The number of imidazole rings is 1. The predicted molar refractivity (Wildman–Crippen MR) is 72.0 cm³/mol. The molecule has 3 nitrogen and oxygen atoms in total. The van der Waals surface area contributed by atoms with Crippen molar-refractivity contribution in [2.75, 3.05) is 11.9 Å². The van der Waals surface area contributed by atoms with Crippen LogP contribution in [-0.4, -0.2) is 16.5 Å². The molecule has 0 aliphatic carbocycles. The third-order valence-electron chi connectivity index (χ3n) is 3.05. The fourth-order valence-corrected chi connectivity index (χ4v) is 1.62. The Morgan fingerprint density at radius 3 is 2.65 bits per heavy atom. The molecule has 0 spiro atoms. The normalized spacial score (nSPS) is 12.4. The average Bonchev–Trinajstić information content (AvgIpc) is 2.90. The largest absolute Gasteiger partial charge is 0.385 e. The summed E-state index contributed by atoms with van der Waals surface area (Å²) < 4.78 is 0. The van der Waals surface area contributed by atoms with Crippen LogP contribution >= 0.6 is 0 Å². The lowest BCUT2D eigenvalue weighted by Gasteiger charge is -2.11. The lowest BCUT2D eigenvalue weighted by molar-refractivity contribution is 0.593. The summed E-state index contributed by atoms with van der Waals surface area (Å²) >= 11 is 0. The maximum atomic E-state index is 4.02. The Morgan fingerprint density at radius 2 is 2.06 bits per heavy atom. The number of nitrogens with zero attached hydrogens (tertiary/aromatic N) is 1. The molecule has 0 aliphatic rings. The number of rotatable bonds is 5. The van der Waals surface area contributed by atoms with Gasteiger partial charge in [0.05, 0.1) is 18.2 Å². The Morgan fingerprint density at radius 1 is 1.29 bits per heavy atom. The van der Waals surface area contributed by atoms with E-state index in [1.165, 1.54) is 12.1 Å². The number of nitrogens with one attached hydrogen (secondary N) is 2. The van der Waals surface area contributed by atoms with E-state index in [9.17, 15) is 0 Å². The summed E-state index contributed by atoms with van der Waals surface area (Å²) in [4.78, 5) is 7.12. The quantitative estimate of drug-likeness (QED) is 0.823. The zero-order valence-electron chi connectivity index (χ0n) is 10.4. The molecule has 0 radical (unpaired) electrons. The second kappa shape index (κ2) is 5.53. The molecule has 0 bridgehead atoms. The van der Waals surface area contributed by atoms with Gasteiger partial charge in [-0.3, -0.25) is 0 Å². The fourth-order valence-electron chi connectivity index (χ4n) is 1.62. The first-order chi connectivity index (χ1) is 8.29. The summed E-state index contributed by atoms with van der Waals surface area (Å²) in [6, 6.07) is 8.43. The Bertz CT molecular complexity index is 431. The molecule has 1 unspecified atom stereocenters. The fraction of sp³-hybridized carbons (Fsp3) is 0.357. The number of H-pyrrole nitrogens is 1. The van der Waals surface area contributed by atoms with E-state index in [-0.39, 0.29) is 0 Å². The summed E-state index contributed by atoms with van der Waals surface area (Å²) in [5.74, 6) is 0.710. The number of aromatic nitrogens is 2. The van der Waals surface area contributed by atoms with E-state index < -0.39 is 0 Å². The minimum atomic E-state index is 0.710. The molecule has 3 heteroatoms. The van der Waals surface area contributed by atoms with E-state index in [1.807, 2.05) is 6.20 Å². The second-order valence-corrected chi connectivity index (χ2v) is 4.44. The minimum Gasteiger partial charge on any atom is -0.385 e. The van der Waals surface area contributed by atoms with Crippen LogP contribution in [0.15, 0.2) is 36.8 Å². The molecule has 17 heavy (non-hydrogen) atoms. The van der Waals surface area contributed by atoms with Gasteiger partial charge in [0.25, 0.3) is 0 Å². The molecule has 0 aliphatic heterocycles. The highest BCUT2D eigenvalue weighted by molar-refractivity contribution is 5.61. The molecule has 90 valence electrons. The predicted octanol–water partition coefficient (Wildman–Crippen LogP) is 3.53. The van der Waals surface area contributed by atoms with Gasteiger partial charge < -0.3 is 10.3 Å². The Hall–Kier alpha value is -1.77. The first-order valence-electron chi connectivity index (χ1n) is 6.12. The van der Waals surface area contributed by atoms with Crippen molar-refractivity contribution in [1.82, 2.24) is 9.97 Å². The van der Waals surface area contributed by atoms with E-state index in [0.29, 0.717) is 5.92 Å². The van der Waals surface area contributed by atoms with Gasteiger partial charge in [-0.25, -0.2) is 4.98 Å². The standard InChI is InChI=1S/C14H19N3/c1-3-11(2)8-16-13-6-4-12(5-7-13)14-9-15-10-17-14/h4-7,9-11,16H,3,8H2,1-2H3,(H,15,17). The molecule has 2 rings (SSSR count). The maximum absolute atomic E-state index is 4.02. The number of benzene rings is 1. The van der Waals surface area contributed by atoms with E-state index in [4.69, 9.17) is 0 Å². The van der Waals surface area contributed by atoms with Crippen LogP contribution < -0.4 is 5.32 Å². The van der Waals surface area contributed by atoms with Gasteiger partial charge in [-0.05, 0) is 23.6 Å². The molecule has 1 aromatic heterocycles. The number of aromatic amines is 1. The maximum Gasteiger partial charge on any atom is 0.0924 e. The first-order valence-corrected chi connectivity index (χ1v) is 6.12. The van der Waals surface area contributed by atoms with Crippen LogP contribution in [-0.2, 0) is 0 Å². The van der Waals surface area contributed by atoms with E-state index in [1.54, 1.807) is 6.33 Å². The zero-order valence-corrected chi connectivity index (χ0v) is 10.4. The topological polar surface area (TPSA) is 40.7 Å². The molecule has 2 N–H and O–H groups in total. The SMILES string of the molecule is CCC(C)CNc1ccc(-c2cnc[nH]2)cc1. The molecular formula is C14H19N3. The molecule has 0 amide bonds. The van der Waals surface area contributed by atoms with Crippen LogP contribution in [0, 0.1) is 5.92 Å². The second-order valence-electron chi connectivity index (χ2n) is 4.44. The van der Waals surface area contributed by atoms with Gasteiger partial charge in [-0.1, -0.05) is 32.4 Å². The molecule has 0 saturated carbocycles. The molecule has 0 saturated heterocycles. The summed E-state index contributed by atoms with van der Waals surface area (Å²) in [6.07, 6.45) is 4.74. The minimum absolute atomic E-state index is 0.710. The molecule has 1 aromatic carbocycles. The lowest BCUT2D eigenvalue weighted by Crippen LogP contribution is -2.09. The summed E-state index contributed by atoms with van der Waals surface area (Å²) in [5, 5.41) is 3.44. The molecular weight excluding hydrogens is 210 g/mol. The monoisotopic (exact) mass is 229 g/mol. The van der Waals surface area contributed by atoms with Gasteiger partial charge in [-0.15, -0.1) is 0 Å². The summed E-state index contributed by atoms with van der Waals surface area (Å²) in [7, 11) is 0. The van der Waals surface area contributed by atoms with Crippen molar-refractivity contribution < 1.29 is 0 Å². The zero-order chi connectivity index (χ0) is 12.1. The van der Waals surface area contributed by atoms with E-state index >= 15 is 0 Å². The Balaban J connectivity index is 1.99. The average molecular weight is 229 g/mol. The van der Waals surface area contributed by atoms with Crippen molar-refractivity contribution in [2.45, 2.75) is 20.3 Å². The van der Waals surface area contributed by atoms with Crippen molar-refractivity contribution >= 4 is 5.69 Å². The van der Waals surface area contributed by atoms with Crippen LogP contribution in [0.1, 0.15) is 20.3 Å². The van der Waals surface area contributed by atoms with Gasteiger partial charge in [0.1, 0.15) is 0 Å². The number of hydrogen-bond acceptors (Lipinski definition) is 2. The van der Waals surface area contributed by atoms with Crippen molar-refractivity contribution in [2.24, 2.45) is 5.92 Å². The summed E-state index contributed by atoms with van der Waals surface area (Å²) in [5.41, 5.74) is 3.39. The number of hydrogen-bond donors (Lipinski definition) is 2.